The number of ether oxygens (including phenoxy) is 1. The van der Waals surface area contributed by atoms with Crippen molar-refractivity contribution in [3.8, 4) is 0 Å². The molecule has 1 aliphatic heterocycles. The summed E-state index contributed by atoms with van der Waals surface area (Å²) in [6.07, 6.45) is 2.50. The normalized spacial score (nSPS) is 17.3. The van der Waals surface area contributed by atoms with Crippen molar-refractivity contribution in [3.05, 3.63) is 71.3 Å². The number of nitrogens with one attached hydrogen (secondary N) is 1. The van der Waals surface area contributed by atoms with Gasteiger partial charge in [0.1, 0.15) is 0 Å². The highest BCUT2D eigenvalue weighted by molar-refractivity contribution is 6.07. The van der Waals surface area contributed by atoms with Crippen LogP contribution in [-0.2, 0) is 9.53 Å². The average Bonchev–Trinajstić information content (AvgIpc) is 2.72. The molecule has 0 aromatic heterocycles. The van der Waals surface area contributed by atoms with Crippen molar-refractivity contribution >= 4 is 23.6 Å². The zero-order valence-corrected chi connectivity index (χ0v) is 16.4. The highest BCUT2D eigenvalue weighted by atomic mass is 16.5. The second-order valence-corrected chi connectivity index (χ2v) is 6.89. The Kier molecular flexibility index (Phi) is 6.61. The molecule has 0 aliphatic carbocycles. The molecule has 2 aromatic carbocycles. The summed E-state index contributed by atoms with van der Waals surface area (Å²) in [6.45, 7) is 5.61. The van der Waals surface area contributed by atoms with E-state index in [9.17, 15) is 9.59 Å². The topological polar surface area (TPSA) is 58.6 Å². The van der Waals surface area contributed by atoms with Crippen molar-refractivity contribution in [1.82, 2.24) is 4.90 Å². The van der Waals surface area contributed by atoms with Crippen molar-refractivity contribution in [1.29, 1.82) is 0 Å². The average molecular weight is 378 g/mol. The maximum Gasteiger partial charge on any atom is 0.254 e. The Morgan fingerprint density at radius 1 is 1.18 bits per heavy atom. The lowest BCUT2D eigenvalue weighted by molar-refractivity contribution is -0.112. The maximum atomic E-state index is 12.8. The van der Waals surface area contributed by atoms with Crippen LogP contribution < -0.4 is 5.32 Å². The number of amides is 2. The highest BCUT2D eigenvalue weighted by Crippen LogP contribution is 2.18. The molecule has 0 bridgehead atoms. The van der Waals surface area contributed by atoms with Gasteiger partial charge in [0.25, 0.3) is 11.8 Å². The van der Waals surface area contributed by atoms with Gasteiger partial charge in [-0.15, -0.1) is 0 Å². The second-order valence-electron chi connectivity index (χ2n) is 6.89. The van der Waals surface area contributed by atoms with E-state index in [4.69, 9.17) is 4.74 Å². The third-order valence-corrected chi connectivity index (χ3v) is 4.81. The molecule has 3 rings (SSSR count). The van der Waals surface area contributed by atoms with Crippen LogP contribution in [0.4, 0.5) is 5.69 Å². The van der Waals surface area contributed by atoms with E-state index in [2.05, 4.69) is 5.32 Å². The Hall–Kier alpha value is -2.92. The first-order valence-corrected chi connectivity index (χ1v) is 9.64. The van der Waals surface area contributed by atoms with Crippen molar-refractivity contribution in [2.45, 2.75) is 26.3 Å². The number of anilines is 1. The lowest BCUT2D eigenvalue weighted by Crippen LogP contribution is -2.47. The zero-order chi connectivity index (χ0) is 19.9. The molecule has 0 saturated carbocycles. The first-order valence-electron chi connectivity index (χ1n) is 9.64. The standard InChI is InChI=1S/C23H26N2O3/c1-3-19(14-18-8-5-4-6-9-18)22(26)24-21-11-7-10-20(15-21)23(27)25-12-13-28-16-17(25)2/h4-11,14-15,17H,3,12-13,16H2,1-2H3,(H,24,26)/b19-14+. The van der Waals surface area contributed by atoms with Crippen LogP contribution in [0.3, 0.4) is 0 Å². The molecule has 5 heteroatoms. The van der Waals surface area contributed by atoms with Gasteiger partial charge in [0.2, 0.25) is 0 Å². The van der Waals surface area contributed by atoms with E-state index in [0.29, 0.717) is 43.0 Å². The fourth-order valence-corrected chi connectivity index (χ4v) is 3.21. The Morgan fingerprint density at radius 3 is 2.68 bits per heavy atom. The molecule has 2 aromatic rings. The van der Waals surface area contributed by atoms with Gasteiger partial charge < -0.3 is 15.0 Å². The van der Waals surface area contributed by atoms with Gasteiger partial charge in [-0.05, 0) is 43.2 Å². The predicted molar refractivity (Wildman–Crippen MR) is 111 cm³/mol. The third-order valence-electron chi connectivity index (χ3n) is 4.81. The molecule has 28 heavy (non-hydrogen) atoms. The molecule has 0 radical (unpaired) electrons. The van der Waals surface area contributed by atoms with E-state index in [-0.39, 0.29) is 17.9 Å². The van der Waals surface area contributed by atoms with E-state index in [1.54, 1.807) is 24.3 Å². The number of carbonyl (C=O) groups excluding carboxylic acids is 2. The molecule has 1 aliphatic rings. The van der Waals surface area contributed by atoms with Crippen LogP contribution in [0.1, 0.15) is 36.2 Å². The van der Waals surface area contributed by atoms with E-state index >= 15 is 0 Å². The maximum absolute atomic E-state index is 12.8. The first-order chi connectivity index (χ1) is 13.6. The molecule has 1 N–H and O–H groups in total. The predicted octanol–water partition coefficient (Wildman–Crippen LogP) is 3.98. The van der Waals surface area contributed by atoms with Gasteiger partial charge in [0.05, 0.1) is 19.3 Å². The first kappa shape index (κ1) is 19.8. The van der Waals surface area contributed by atoms with Gasteiger partial charge in [-0.1, -0.05) is 43.3 Å². The van der Waals surface area contributed by atoms with E-state index < -0.39 is 0 Å². The number of benzene rings is 2. The molecule has 2 amide bonds. The van der Waals surface area contributed by atoms with Crippen LogP contribution in [0, 0.1) is 0 Å². The molecule has 1 fully saturated rings. The van der Waals surface area contributed by atoms with Gasteiger partial charge >= 0.3 is 0 Å². The van der Waals surface area contributed by atoms with Crippen LogP contribution in [0.15, 0.2) is 60.2 Å². The molecule has 0 spiro atoms. The second kappa shape index (κ2) is 9.33. The largest absolute Gasteiger partial charge is 0.377 e. The fraction of sp³-hybridized carbons (Fsp3) is 0.304. The Balaban J connectivity index is 1.74. The Bertz CT molecular complexity index is 861. The van der Waals surface area contributed by atoms with Crippen LogP contribution in [0.25, 0.3) is 6.08 Å². The van der Waals surface area contributed by atoms with Crippen LogP contribution in [0.5, 0.6) is 0 Å². The van der Waals surface area contributed by atoms with E-state index in [1.165, 1.54) is 0 Å². The lowest BCUT2D eigenvalue weighted by Gasteiger charge is -2.33. The molecule has 1 unspecified atom stereocenters. The summed E-state index contributed by atoms with van der Waals surface area (Å²) < 4.78 is 5.40. The minimum atomic E-state index is -0.157. The SMILES string of the molecule is CC/C(=C\c1ccccc1)C(=O)Nc1cccc(C(=O)N2CCOCC2C)c1. The zero-order valence-electron chi connectivity index (χ0n) is 16.4. The number of rotatable bonds is 5. The van der Waals surface area contributed by atoms with E-state index in [1.807, 2.05) is 55.2 Å². The number of carbonyl (C=O) groups is 2. The summed E-state index contributed by atoms with van der Waals surface area (Å²) in [7, 11) is 0. The smallest absolute Gasteiger partial charge is 0.254 e. The molecule has 5 nitrogen and oxygen atoms in total. The van der Waals surface area contributed by atoms with Gasteiger partial charge in [-0.2, -0.15) is 0 Å². The van der Waals surface area contributed by atoms with Gasteiger partial charge in [0, 0.05) is 23.4 Å². The molecular weight excluding hydrogens is 352 g/mol. The minimum Gasteiger partial charge on any atom is -0.377 e. The third kappa shape index (κ3) is 4.87. The number of nitrogens with zero attached hydrogens (tertiary/aromatic N) is 1. The van der Waals surface area contributed by atoms with Crippen molar-refractivity contribution in [2.75, 3.05) is 25.1 Å². The quantitative estimate of drug-likeness (QED) is 0.801. The molecule has 1 heterocycles. The number of hydrogen-bond acceptors (Lipinski definition) is 3. The van der Waals surface area contributed by atoms with Crippen LogP contribution in [-0.4, -0.2) is 42.5 Å². The van der Waals surface area contributed by atoms with Crippen molar-refractivity contribution < 1.29 is 14.3 Å². The van der Waals surface area contributed by atoms with Crippen molar-refractivity contribution in [3.63, 3.8) is 0 Å². The Morgan fingerprint density at radius 2 is 1.96 bits per heavy atom. The summed E-state index contributed by atoms with van der Waals surface area (Å²) >= 11 is 0. The lowest BCUT2D eigenvalue weighted by atomic mass is 10.1. The highest BCUT2D eigenvalue weighted by Gasteiger charge is 2.24. The molecule has 1 saturated heterocycles. The minimum absolute atomic E-state index is 0.0394. The summed E-state index contributed by atoms with van der Waals surface area (Å²) in [6, 6.07) is 16.9. The molecular formula is C23H26N2O3. The summed E-state index contributed by atoms with van der Waals surface area (Å²) in [5, 5.41) is 2.92. The molecule has 1 atom stereocenters. The van der Waals surface area contributed by atoms with Crippen LogP contribution >= 0.6 is 0 Å². The van der Waals surface area contributed by atoms with Gasteiger partial charge in [-0.3, -0.25) is 9.59 Å². The number of hydrogen-bond donors (Lipinski definition) is 1. The monoisotopic (exact) mass is 378 g/mol. The van der Waals surface area contributed by atoms with Crippen molar-refractivity contribution in [2.24, 2.45) is 0 Å². The Labute approximate surface area is 166 Å². The fourth-order valence-electron chi connectivity index (χ4n) is 3.21. The number of morpholine rings is 1. The van der Waals surface area contributed by atoms with Gasteiger partial charge in [-0.25, -0.2) is 0 Å². The summed E-state index contributed by atoms with van der Waals surface area (Å²) in [5.74, 6) is -0.196. The van der Waals surface area contributed by atoms with Crippen LogP contribution in [0.2, 0.25) is 0 Å². The summed E-state index contributed by atoms with van der Waals surface area (Å²) in [4.78, 5) is 27.3. The van der Waals surface area contributed by atoms with Gasteiger partial charge in [0.15, 0.2) is 0 Å². The van der Waals surface area contributed by atoms with E-state index in [0.717, 1.165) is 5.56 Å². The molecule has 146 valence electrons. The summed E-state index contributed by atoms with van der Waals surface area (Å²) in [5.41, 5.74) is 2.85.